The Morgan fingerprint density at radius 2 is 1.84 bits per heavy atom. The molecule has 0 aromatic heterocycles. The number of hydrogen-bond donors (Lipinski definition) is 2. The molecular weight excluding hydrogens is 260 g/mol. The Bertz CT molecular complexity index is 421. The van der Waals surface area contributed by atoms with Crippen molar-refractivity contribution in [2.75, 3.05) is 12.3 Å². The molecule has 2 unspecified atom stereocenters. The minimum atomic E-state index is -1.06. The molecule has 2 amide bonds. The number of benzene rings is 1. The van der Waals surface area contributed by atoms with E-state index < -0.39 is 10.8 Å². The number of hydrogen-bond acceptors (Lipinski definition) is 2. The number of carbonyl (C=O) groups is 1. The van der Waals surface area contributed by atoms with Gasteiger partial charge in [-0.1, -0.05) is 32.0 Å². The van der Waals surface area contributed by atoms with Crippen molar-refractivity contribution >= 4 is 16.8 Å². The monoisotopic (exact) mass is 282 g/mol. The van der Waals surface area contributed by atoms with Gasteiger partial charge in [-0.3, -0.25) is 4.21 Å². The molecule has 0 radical (unpaired) electrons. The van der Waals surface area contributed by atoms with Crippen LogP contribution < -0.4 is 10.6 Å². The summed E-state index contributed by atoms with van der Waals surface area (Å²) in [7, 11) is -1.06. The Labute approximate surface area is 117 Å². The molecule has 1 aromatic rings. The van der Waals surface area contributed by atoms with Gasteiger partial charge in [0, 0.05) is 23.2 Å². The van der Waals surface area contributed by atoms with Gasteiger partial charge in [0.1, 0.15) is 0 Å². The predicted molar refractivity (Wildman–Crippen MR) is 78.6 cm³/mol. The van der Waals surface area contributed by atoms with Crippen LogP contribution in [0.15, 0.2) is 35.2 Å². The number of carbonyl (C=O) groups excluding carboxylic acids is 1. The molecule has 0 saturated heterocycles. The van der Waals surface area contributed by atoms with Crippen LogP contribution in [0.4, 0.5) is 4.79 Å². The van der Waals surface area contributed by atoms with Crippen LogP contribution in [0.25, 0.3) is 0 Å². The molecule has 0 aliphatic carbocycles. The first kappa shape index (κ1) is 15.7. The van der Waals surface area contributed by atoms with Crippen molar-refractivity contribution in [2.45, 2.75) is 31.7 Å². The largest absolute Gasteiger partial charge is 0.337 e. The van der Waals surface area contributed by atoms with E-state index in [9.17, 15) is 9.00 Å². The summed E-state index contributed by atoms with van der Waals surface area (Å²) >= 11 is 0. The summed E-state index contributed by atoms with van der Waals surface area (Å²) in [5.41, 5.74) is 0. The van der Waals surface area contributed by atoms with E-state index in [-0.39, 0.29) is 12.1 Å². The first-order valence-corrected chi connectivity index (χ1v) is 7.80. The standard InChI is InChI=1S/C14H22N2O2S/c1-11(2)12(3)16-14(17)15-9-10-19(18)13-7-5-4-6-8-13/h4-8,11-12H,9-10H2,1-3H3,(H2,15,16,17). The molecule has 2 atom stereocenters. The zero-order valence-corrected chi connectivity index (χ0v) is 12.5. The minimum absolute atomic E-state index is 0.125. The first-order valence-electron chi connectivity index (χ1n) is 6.48. The summed E-state index contributed by atoms with van der Waals surface area (Å²) in [5, 5.41) is 5.57. The molecule has 0 spiro atoms. The van der Waals surface area contributed by atoms with Crippen LogP contribution in [-0.4, -0.2) is 28.6 Å². The van der Waals surface area contributed by atoms with Crippen molar-refractivity contribution in [1.82, 2.24) is 10.6 Å². The zero-order chi connectivity index (χ0) is 14.3. The third-order valence-corrected chi connectivity index (χ3v) is 4.31. The molecule has 0 aliphatic rings. The number of amides is 2. The van der Waals surface area contributed by atoms with Gasteiger partial charge in [-0.25, -0.2) is 4.79 Å². The van der Waals surface area contributed by atoms with Gasteiger partial charge >= 0.3 is 6.03 Å². The lowest BCUT2D eigenvalue weighted by atomic mass is 10.1. The van der Waals surface area contributed by atoms with E-state index in [0.717, 1.165) is 4.90 Å². The van der Waals surface area contributed by atoms with Crippen molar-refractivity contribution < 1.29 is 9.00 Å². The van der Waals surface area contributed by atoms with Gasteiger partial charge in [-0.05, 0) is 25.0 Å². The van der Waals surface area contributed by atoms with Crippen LogP contribution in [0.2, 0.25) is 0 Å². The lowest BCUT2D eigenvalue weighted by molar-refractivity contribution is 0.235. The molecule has 0 bridgehead atoms. The van der Waals surface area contributed by atoms with E-state index in [0.29, 0.717) is 18.2 Å². The van der Waals surface area contributed by atoms with Crippen molar-refractivity contribution in [3.63, 3.8) is 0 Å². The van der Waals surface area contributed by atoms with Crippen molar-refractivity contribution in [1.29, 1.82) is 0 Å². The predicted octanol–water partition coefficient (Wildman–Crippen LogP) is 2.14. The maximum atomic E-state index is 11.9. The van der Waals surface area contributed by atoms with Gasteiger partial charge in [0.15, 0.2) is 0 Å². The van der Waals surface area contributed by atoms with Gasteiger partial charge in [0.25, 0.3) is 0 Å². The highest BCUT2D eigenvalue weighted by Crippen LogP contribution is 2.04. The van der Waals surface area contributed by atoms with Crippen molar-refractivity contribution in [2.24, 2.45) is 5.92 Å². The Morgan fingerprint density at radius 3 is 2.42 bits per heavy atom. The quantitative estimate of drug-likeness (QED) is 0.840. The van der Waals surface area contributed by atoms with Gasteiger partial charge in [-0.15, -0.1) is 0 Å². The third kappa shape index (κ3) is 5.87. The van der Waals surface area contributed by atoms with Gasteiger partial charge in [-0.2, -0.15) is 0 Å². The fraction of sp³-hybridized carbons (Fsp3) is 0.500. The van der Waals surface area contributed by atoms with E-state index in [1.807, 2.05) is 37.3 Å². The summed E-state index contributed by atoms with van der Waals surface area (Å²) in [6.07, 6.45) is 0. The molecule has 0 aliphatic heterocycles. The second kappa shape index (κ2) is 7.94. The zero-order valence-electron chi connectivity index (χ0n) is 11.7. The van der Waals surface area contributed by atoms with Gasteiger partial charge in [0.2, 0.25) is 0 Å². The summed E-state index contributed by atoms with van der Waals surface area (Å²) in [5.74, 6) is 0.817. The Morgan fingerprint density at radius 1 is 1.21 bits per heavy atom. The summed E-state index contributed by atoms with van der Waals surface area (Å²) in [6.45, 7) is 6.47. The van der Waals surface area contributed by atoms with Crippen molar-refractivity contribution in [3.05, 3.63) is 30.3 Å². The van der Waals surface area contributed by atoms with Crippen LogP contribution in [0, 0.1) is 5.92 Å². The maximum absolute atomic E-state index is 11.9. The Hall–Kier alpha value is -1.36. The highest BCUT2D eigenvalue weighted by Gasteiger charge is 2.10. The second-order valence-electron chi connectivity index (χ2n) is 4.80. The second-order valence-corrected chi connectivity index (χ2v) is 6.37. The van der Waals surface area contributed by atoms with Crippen molar-refractivity contribution in [3.8, 4) is 0 Å². The Balaban J connectivity index is 2.27. The molecule has 4 nitrogen and oxygen atoms in total. The summed E-state index contributed by atoms with van der Waals surface area (Å²) < 4.78 is 11.9. The van der Waals surface area contributed by atoms with Crippen LogP contribution in [0.3, 0.4) is 0 Å². The molecular formula is C14H22N2O2S. The number of rotatable bonds is 6. The fourth-order valence-corrected chi connectivity index (χ4v) is 2.36. The topological polar surface area (TPSA) is 58.2 Å². The van der Waals surface area contributed by atoms with Gasteiger partial charge in [0.05, 0.1) is 10.8 Å². The van der Waals surface area contributed by atoms with E-state index in [2.05, 4.69) is 24.5 Å². The summed E-state index contributed by atoms with van der Waals surface area (Å²) in [4.78, 5) is 12.3. The maximum Gasteiger partial charge on any atom is 0.315 e. The van der Waals surface area contributed by atoms with E-state index in [4.69, 9.17) is 0 Å². The van der Waals surface area contributed by atoms with E-state index >= 15 is 0 Å². The normalized spacial score (nSPS) is 13.9. The highest BCUT2D eigenvalue weighted by molar-refractivity contribution is 7.85. The number of urea groups is 1. The molecule has 0 saturated carbocycles. The average Bonchev–Trinajstić information content (AvgIpc) is 2.39. The van der Waals surface area contributed by atoms with Crippen LogP contribution in [0.5, 0.6) is 0 Å². The molecule has 106 valence electrons. The number of nitrogens with one attached hydrogen (secondary N) is 2. The lowest BCUT2D eigenvalue weighted by Gasteiger charge is -2.17. The lowest BCUT2D eigenvalue weighted by Crippen LogP contribution is -2.43. The molecule has 0 heterocycles. The van der Waals surface area contributed by atoms with Crippen LogP contribution in [0.1, 0.15) is 20.8 Å². The highest BCUT2D eigenvalue weighted by atomic mass is 32.2. The summed E-state index contributed by atoms with van der Waals surface area (Å²) in [6, 6.07) is 9.19. The molecule has 1 aromatic carbocycles. The van der Waals surface area contributed by atoms with Crippen LogP contribution in [-0.2, 0) is 10.8 Å². The SMILES string of the molecule is CC(C)C(C)NC(=O)NCCS(=O)c1ccccc1. The van der Waals surface area contributed by atoms with E-state index in [1.54, 1.807) is 0 Å². The average molecular weight is 282 g/mol. The van der Waals surface area contributed by atoms with Gasteiger partial charge < -0.3 is 10.6 Å². The molecule has 5 heteroatoms. The Kier molecular flexibility index (Phi) is 6.56. The molecule has 2 N–H and O–H groups in total. The smallest absolute Gasteiger partial charge is 0.315 e. The first-order chi connectivity index (χ1) is 9.00. The third-order valence-electron chi connectivity index (χ3n) is 2.94. The molecule has 0 fully saturated rings. The fourth-order valence-electron chi connectivity index (χ4n) is 1.37. The molecule has 1 rings (SSSR count). The van der Waals surface area contributed by atoms with E-state index in [1.165, 1.54) is 0 Å². The molecule has 19 heavy (non-hydrogen) atoms. The van der Waals surface area contributed by atoms with Crippen LogP contribution >= 0.6 is 0 Å². The minimum Gasteiger partial charge on any atom is -0.337 e.